The summed E-state index contributed by atoms with van der Waals surface area (Å²) in [4.78, 5) is 15.4. The Balaban J connectivity index is 1.31. The second kappa shape index (κ2) is 13.3. The molecule has 0 spiro atoms. The number of amides is 1. The molecule has 1 saturated heterocycles. The number of nitrogens with zero attached hydrogens (tertiary/aromatic N) is 7. The van der Waals surface area contributed by atoms with E-state index in [1.807, 2.05) is 18.2 Å². The number of benzene rings is 2. The molecule has 2 aromatic heterocycles. The van der Waals surface area contributed by atoms with Gasteiger partial charge in [-0.15, -0.1) is 5.10 Å². The number of piperidine rings is 1. The third-order valence-electron chi connectivity index (χ3n) is 6.89. The number of hydrogen-bond donors (Lipinski definition) is 2. The zero-order valence-corrected chi connectivity index (χ0v) is 25.3. The first-order valence-electron chi connectivity index (χ1n) is 13.2. The van der Waals surface area contributed by atoms with Gasteiger partial charge in [0.1, 0.15) is 6.61 Å². The standard InChI is InChI=1S/C27H29BrClN9O4/c1-16-7-9-37(10-8-16)14-21-23(32-36-38(21)26-25(30)34-42-35-26)27(39)33-31-13-17-11-19(28)24(22(12-17)40-2)41-15-18-5-3-4-6-20(18)29/h3-6,11-13,16H,7-10,14-15H2,1-2H3,(H2,30,34)(H,33,39). The van der Waals surface area contributed by atoms with E-state index in [0.717, 1.165) is 31.5 Å². The highest BCUT2D eigenvalue weighted by Crippen LogP contribution is 2.37. The largest absolute Gasteiger partial charge is 0.493 e. The molecule has 0 aliphatic carbocycles. The smallest absolute Gasteiger partial charge is 0.293 e. The van der Waals surface area contributed by atoms with Crippen molar-refractivity contribution in [2.75, 3.05) is 25.9 Å². The van der Waals surface area contributed by atoms with Crippen LogP contribution in [0.2, 0.25) is 5.02 Å². The van der Waals surface area contributed by atoms with Gasteiger partial charge >= 0.3 is 0 Å². The lowest BCUT2D eigenvalue weighted by Gasteiger charge is -2.30. The first-order valence-corrected chi connectivity index (χ1v) is 14.3. The number of hydrogen-bond acceptors (Lipinski definition) is 11. The van der Waals surface area contributed by atoms with Gasteiger partial charge in [-0.05, 0) is 81.9 Å². The Kier molecular flexibility index (Phi) is 9.35. The first kappa shape index (κ1) is 29.5. The van der Waals surface area contributed by atoms with Crippen molar-refractivity contribution in [3.8, 4) is 17.3 Å². The van der Waals surface area contributed by atoms with Crippen LogP contribution in [0.4, 0.5) is 5.82 Å². The Hall–Kier alpha value is -4.01. The molecular weight excluding hydrogens is 630 g/mol. The van der Waals surface area contributed by atoms with Gasteiger partial charge in [-0.2, -0.15) is 9.78 Å². The van der Waals surface area contributed by atoms with Gasteiger partial charge in [0.15, 0.2) is 17.2 Å². The number of nitrogens with one attached hydrogen (secondary N) is 1. The topological polar surface area (TPSA) is 159 Å². The van der Waals surface area contributed by atoms with Crippen molar-refractivity contribution < 1.29 is 18.9 Å². The maximum Gasteiger partial charge on any atom is 0.293 e. The number of hydrazone groups is 1. The number of nitrogens with two attached hydrogens (primary N) is 1. The predicted molar refractivity (Wildman–Crippen MR) is 159 cm³/mol. The van der Waals surface area contributed by atoms with Crippen LogP contribution < -0.4 is 20.6 Å². The molecule has 3 heterocycles. The molecule has 0 radical (unpaired) electrons. The summed E-state index contributed by atoms with van der Waals surface area (Å²) < 4.78 is 18.3. The summed E-state index contributed by atoms with van der Waals surface area (Å²) in [5, 5.41) is 20.4. The molecule has 2 aromatic carbocycles. The number of ether oxygens (including phenoxy) is 2. The van der Waals surface area contributed by atoms with E-state index in [2.05, 4.69) is 58.9 Å². The number of carbonyl (C=O) groups excluding carboxylic acids is 1. The van der Waals surface area contributed by atoms with E-state index in [0.29, 0.717) is 44.7 Å². The minimum absolute atomic E-state index is 0.0391. The number of carbonyl (C=O) groups is 1. The van der Waals surface area contributed by atoms with Gasteiger partial charge in [-0.3, -0.25) is 9.69 Å². The number of nitrogen functional groups attached to an aromatic ring is 1. The third kappa shape index (κ3) is 6.72. The van der Waals surface area contributed by atoms with Gasteiger partial charge in [0.2, 0.25) is 11.6 Å². The van der Waals surface area contributed by atoms with Crippen LogP contribution in [-0.4, -0.2) is 62.5 Å². The van der Waals surface area contributed by atoms with E-state index >= 15 is 0 Å². The summed E-state index contributed by atoms with van der Waals surface area (Å²) >= 11 is 9.79. The molecule has 1 aliphatic heterocycles. The predicted octanol–water partition coefficient (Wildman–Crippen LogP) is 4.23. The molecule has 220 valence electrons. The van der Waals surface area contributed by atoms with Gasteiger partial charge < -0.3 is 15.2 Å². The zero-order chi connectivity index (χ0) is 29.6. The molecule has 0 bridgehead atoms. The van der Waals surface area contributed by atoms with Crippen molar-refractivity contribution in [2.24, 2.45) is 11.0 Å². The van der Waals surface area contributed by atoms with E-state index in [1.54, 1.807) is 18.2 Å². The van der Waals surface area contributed by atoms with Crippen molar-refractivity contribution in [1.82, 2.24) is 35.6 Å². The highest BCUT2D eigenvalue weighted by molar-refractivity contribution is 9.10. The van der Waals surface area contributed by atoms with Crippen LogP contribution in [0.25, 0.3) is 5.82 Å². The SMILES string of the molecule is COc1cc(C=NNC(=O)c2nnn(-c3nonc3N)c2CN2CCC(C)CC2)cc(Br)c1OCc1ccccc1Cl. The number of methoxy groups -OCH3 is 1. The normalized spacial score (nSPS) is 14.4. The van der Waals surface area contributed by atoms with E-state index < -0.39 is 5.91 Å². The number of likely N-dealkylation sites (tertiary alicyclic amines) is 1. The highest BCUT2D eigenvalue weighted by atomic mass is 79.9. The van der Waals surface area contributed by atoms with Crippen LogP contribution in [0.5, 0.6) is 11.5 Å². The minimum atomic E-state index is -0.543. The monoisotopic (exact) mass is 657 g/mol. The Morgan fingerprint density at radius 1 is 1.29 bits per heavy atom. The van der Waals surface area contributed by atoms with Crippen LogP contribution in [0.15, 0.2) is 50.6 Å². The average Bonchev–Trinajstić information content (AvgIpc) is 3.59. The van der Waals surface area contributed by atoms with Crippen LogP contribution >= 0.6 is 27.5 Å². The summed E-state index contributed by atoms with van der Waals surface area (Å²) in [6.45, 7) is 4.67. The molecule has 0 atom stereocenters. The van der Waals surface area contributed by atoms with Gasteiger partial charge in [0, 0.05) is 17.1 Å². The molecule has 1 aliphatic rings. The molecule has 0 saturated carbocycles. The fourth-order valence-corrected chi connectivity index (χ4v) is 5.26. The number of halogens is 2. The van der Waals surface area contributed by atoms with Gasteiger partial charge in [-0.25, -0.2) is 10.1 Å². The minimum Gasteiger partial charge on any atom is -0.493 e. The summed E-state index contributed by atoms with van der Waals surface area (Å²) in [6, 6.07) is 11.0. The summed E-state index contributed by atoms with van der Waals surface area (Å²) in [7, 11) is 1.54. The molecule has 1 fully saturated rings. The van der Waals surface area contributed by atoms with Crippen molar-refractivity contribution in [2.45, 2.75) is 32.9 Å². The average molecular weight is 659 g/mol. The maximum absolute atomic E-state index is 13.2. The molecule has 3 N–H and O–H groups in total. The molecule has 1 amide bonds. The first-order chi connectivity index (χ1) is 20.3. The van der Waals surface area contributed by atoms with Gasteiger partial charge in [0.05, 0.1) is 23.5 Å². The van der Waals surface area contributed by atoms with Crippen molar-refractivity contribution in [1.29, 1.82) is 0 Å². The third-order valence-corrected chi connectivity index (χ3v) is 7.84. The van der Waals surface area contributed by atoms with Crippen LogP contribution in [0.1, 0.15) is 47.1 Å². The second-order valence-electron chi connectivity index (χ2n) is 9.84. The number of rotatable bonds is 10. The molecular formula is C27H29BrClN9O4. The maximum atomic E-state index is 13.2. The van der Waals surface area contributed by atoms with E-state index in [4.69, 9.17) is 31.4 Å². The summed E-state index contributed by atoms with van der Waals surface area (Å²) in [5.41, 5.74) is 10.5. The van der Waals surface area contributed by atoms with Crippen LogP contribution in [-0.2, 0) is 13.2 Å². The lowest BCUT2D eigenvalue weighted by molar-refractivity contribution is 0.0946. The fraction of sp³-hybridized carbons (Fsp3) is 0.333. The second-order valence-corrected chi connectivity index (χ2v) is 11.1. The Morgan fingerprint density at radius 3 is 2.79 bits per heavy atom. The van der Waals surface area contributed by atoms with Crippen molar-refractivity contribution >= 4 is 45.5 Å². The Labute approximate surface area is 255 Å². The number of anilines is 1. The molecule has 4 aromatic rings. The summed E-state index contributed by atoms with van der Waals surface area (Å²) in [5.74, 6) is 1.30. The van der Waals surface area contributed by atoms with Crippen molar-refractivity contribution in [3.63, 3.8) is 0 Å². The fourth-order valence-electron chi connectivity index (χ4n) is 4.50. The summed E-state index contributed by atoms with van der Waals surface area (Å²) in [6.07, 6.45) is 3.60. The van der Waals surface area contributed by atoms with Gasteiger partial charge in [0.25, 0.3) is 5.91 Å². The van der Waals surface area contributed by atoms with Crippen LogP contribution in [0, 0.1) is 5.92 Å². The number of aromatic nitrogens is 5. The molecule has 15 heteroatoms. The zero-order valence-electron chi connectivity index (χ0n) is 23.0. The highest BCUT2D eigenvalue weighted by Gasteiger charge is 2.27. The van der Waals surface area contributed by atoms with Crippen molar-refractivity contribution in [3.05, 3.63) is 68.4 Å². The van der Waals surface area contributed by atoms with Gasteiger partial charge in [-0.1, -0.05) is 41.9 Å². The molecule has 13 nitrogen and oxygen atoms in total. The quantitative estimate of drug-likeness (QED) is 0.187. The lowest BCUT2D eigenvalue weighted by Crippen LogP contribution is -2.34. The molecule has 42 heavy (non-hydrogen) atoms. The van der Waals surface area contributed by atoms with E-state index in [1.165, 1.54) is 18.0 Å². The lowest BCUT2D eigenvalue weighted by atomic mass is 9.99. The molecule has 0 unspecified atom stereocenters. The van der Waals surface area contributed by atoms with E-state index in [9.17, 15) is 4.79 Å². The van der Waals surface area contributed by atoms with Crippen LogP contribution in [0.3, 0.4) is 0 Å². The molecule has 5 rings (SSSR count). The van der Waals surface area contributed by atoms with E-state index in [-0.39, 0.29) is 23.9 Å². The Morgan fingerprint density at radius 2 is 2.07 bits per heavy atom. The Bertz CT molecular complexity index is 1580.